The topological polar surface area (TPSA) is 75.1 Å². The highest BCUT2D eigenvalue weighted by Crippen LogP contribution is 2.30. The van der Waals surface area contributed by atoms with Crippen molar-refractivity contribution in [2.45, 2.75) is 12.8 Å². The Hall–Kier alpha value is -1.75. The van der Waals surface area contributed by atoms with E-state index in [0.717, 1.165) is 24.0 Å². The second-order valence-electron chi connectivity index (χ2n) is 3.44. The van der Waals surface area contributed by atoms with Gasteiger partial charge in [0, 0.05) is 18.0 Å². The first-order valence-electron chi connectivity index (χ1n) is 4.71. The molecule has 1 amide bonds. The third-order valence-electron chi connectivity index (χ3n) is 2.51. The van der Waals surface area contributed by atoms with Crippen LogP contribution >= 0.6 is 0 Å². The van der Waals surface area contributed by atoms with Crippen LogP contribution in [0.3, 0.4) is 0 Å². The summed E-state index contributed by atoms with van der Waals surface area (Å²) in [5, 5.41) is 8.50. The number of amides is 1. The predicted octanol–water partition coefficient (Wildman–Crippen LogP) is 0.775. The van der Waals surface area contributed by atoms with E-state index < -0.39 is 0 Å². The van der Waals surface area contributed by atoms with Crippen LogP contribution in [0.1, 0.15) is 18.4 Å². The molecule has 1 aromatic heterocycles. The Bertz CT molecular complexity index is 389. The Morgan fingerprint density at radius 2 is 2.20 bits per heavy atom. The van der Waals surface area contributed by atoms with Crippen molar-refractivity contribution >= 4 is 11.5 Å². The Kier molecular flexibility index (Phi) is 2.73. The highest BCUT2D eigenvalue weighted by molar-refractivity contribution is 5.84. The van der Waals surface area contributed by atoms with Gasteiger partial charge in [-0.15, -0.1) is 0 Å². The fraction of sp³-hybridized carbons (Fsp3) is 0.300. The number of hydroxylamine groups is 1. The van der Waals surface area contributed by atoms with Crippen molar-refractivity contribution in [2.75, 3.05) is 0 Å². The van der Waals surface area contributed by atoms with Crippen LogP contribution in [0.2, 0.25) is 0 Å². The lowest BCUT2D eigenvalue weighted by molar-refractivity contribution is -0.131. The van der Waals surface area contributed by atoms with Gasteiger partial charge in [-0.25, -0.2) is 15.4 Å². The number of hydrogen-bond donors (Lipinski definition) is 2. The third kappa shape index (κ3) is 2.02. The number of carbonyl (C=O) groups excluding carboxylic acids is 1. The normalized spacial score (nSPS) is 19.8. The minimum absolute atomic E-state index is 0.245. The number of rotatable bonds is 2. The molecular formula is C10H11N3O2. The first-order chi connectivity index (χ1) is 7.31. The number of nitrogens with zero attached hydrogens (tertiary/aromatic N) is 2. The molecule has 2 N–H and O–H groups in total. The summed E-state index contributed by atoms with van der Waals surface area (Å²) in [5.74, 6) is -0.605. The molecule has 0 aromatic carbocycles. The minimum Gasteiger partial charge on any atom is -0.289 e. The maximum Gasteiger partial charge on any atom is 0.250 e. The van der Waals surface area contributed by atoms with E-state index >= 15 is 0 Å². The van der Waals surface area contributed by atoms with Crippen LogP contribution in [0.5, 0.6) is 0 Å². The van der Waals surface area contributed by atoms with Gasteiger partial charge in [0.15, 0.2) is 0 Å². The molecule has 1 atom stereocenters. The van der Waals surface area contributed by atoms with Crippen molar-refractivity contribution in [3.8, 4) is 0 Å². The summed E-state index contributed by atoms with van der Waals surface area (Å²) in [5.41, 5.74) is 3.66. The average molecular weight is 205 g/mol. The van der Waals surface area contributed by atoms with E-state index in [1.54, 1.807) is 17.9 Å². The SMILES string of the molecule is O=C(NO)C1C=C(c2cncnc2)CC1. The van der Waals surface area contributed by atoms with E-state index in [-0.39, 0.29) is 11.8 Å². The molecule has 0 saturated heterocycles. The van der Waals surface area contributed by atoms with Gasteiger partial charge in [0.2, 0.25) is 5.91 Å². The molecule has 0 bridgehead atoms. The summed E-state index contributed by atoms with van der Waals surface area (Å²) in [6.07, 6.45) is 8.29. The zero-order chi connectivity index (χ0) is 10.7. The van der Waals surface area contributed by atoms with Gasteiger partial charge in [-0.1, -0.05) is 6.08 Å². The first-order valence-corrected chi connectivity index (χ1v) is 4.71. The van der Waals surface area contributed by atoms with Crippen molar-refractivity contribution in [1.82, 2.24) is 15.4 Å². The van der Waals surface area contributed by atoms with Gasteiger partial charge in [0.05, 0.1) is 5.92 Å². The molecule has 0 saturated carbocycles. The standard InChI is InChI=1S/C10H11N3O2/c14-10(13-15)8-2-1-7(3-8)9-4-11-6-12-5-9/h3-6,8,15H,1-2H2,(H,13,14). The molecule has 0 spiro atoms. The van der Waals surface area contributed by atoms with Gasteiger partial charge in [0.1, 0.15) is 6.33 Å². The van der Waals surface area contributed by atoms with Gasteiger partial charge in [0.25, 0.3) is 0 Å². The summed E-state index contributed by atoms with van der Waals surface area (Å²) in [6, 6.07) is 0. The van der Waals surface area contributed by atoms with Crippen molar-refractivity contribution < 1.29 is 10.0 Å². The van der Waals surface area contributed by atoms with Gasteiger partial charge in [-0.2, -0.15) is 0 Å². The van der Waals surface area contributed by atoms with Crippen molar-refractivity contribution in [3.05, 3.63) is 30.4 Å². The van der Waals surface area contributed by atoms with E-state index in [9.17, 15) is 4.79 Å². The van der Waals surface area contributed by atoms with Crippen molar-refractivity contribution in [1.29, 1.82) is 0 Å². The maximum atomic E-state index is 11.2. The van der Waals surface area contributed by atoms with E-state index in [1.807, 2.05) is 6.08 Å². The number of allylic oxidation sites excluding steroid dienone is 1. The lowest BCUT2D eigenvalue weighted by Crippen LogP contribution is -2.25. The van der Waals surface area contributed by atoms with Crippen molar-refractivity contribution in [2.24, 2.45) is 5.92 Å². The van der Waals surface area contributed by atoms with Crippen LogP contribution in [0.15, 0.2) is 24.8 Å². The molecule has 1 aliphatic carbocycles. The lowest BCUT2D eigenvalue weighted by atomic mass is 10.1. The number of hydrogen-bond acceptors (Lipinski definition) is 4. The monoisotopic (exact) mass is 205 g/mol. The summed E-state index contributed by atoms with van der Waals surface area (Å²) in [7, 11) is 0. The second kappa shape index (κ2) is 4.18. The van der Waals surface area contributed by atoms with Crippen LogP contribution in [0.4, 0.5) is 0 Å². The van der Waals surface area contributed by atoms with E-state index in [0.29, 0.717) is 0 Å². The summed E-state index contributed by atoms with van der Waals surface area (Å²) in [4.78, 5) is 19.0. The predicted molar refractivity (Wildman–Crippen MR) is 52.7 cm³/mol. The Balaban J connectivity index is 2.17. The van der Waals surface area contributed by atoms with Gasteiger partial charge in [-0.3, -0.25) is 10.0 Å². The fourth-order valence-electron chi connectivity index (χ4n) is 1.72. The summed E-state index contributed by atoms with van der Waals surface area (Å²) in [6.45, 7) is 0. The molecule has 78 valence electrons. The Morgan fingerprint density at radius 3 is 2.87 bits per heavy atom. The van der Waals surface area contributed by atoms with Crippen LogP contribution in [0.25, 0.3) is 5.57 Å². The molecule has 1 aliphatic rings. The van der Waals surface area contributed by atoms with Crippen molar-refractivity contribution in [3.63, 3.8) is 0 Å². The molecule has 5 nitrogen and oxygen atoms in total. The smallest absolute Gasteiger partial charge is 0.250 e. The lowest BCUT2D eigenvalue weighted by Gasteiger charge is -2.01. The molecule has 0 radical (unpaired) electrons. The highest BCUT2D eigenvalue weighted by Gasteiger charge is 2.22. The molecule has 15 heavy (non-hydrogen) atoms. The van der Waals surface area contributed by atoms with E-state index in [1.165, 1.54) is 6.33 Å². The van der Waals surface area contributed by atoms with Gasteiger partial charge in [-0.05, 0) is 18.4 Å². The zero-order valence-corrected chi connectivity index (χ0v) is 8.05. The Morgan fingerprint density at radius 1 is 1.47 bits per heavy atom. The Labute approximate surface area is 86.8 Å². The molecule has 0 aliphatic heterocycles. The third-order valence-corrected chi connectivity index (χ3v) is 2.51. The molecule has 0 fully saturated rings. The number of nitrogens with one attached hydrogen (secondary N) is 1. The molecule has 1 heterocycles. The maximum absolute atomic E-state index is 11.2. The van der Waals surface area contributed by atoms with Crippen LogP contribution in [-0.2, 0) is 4.79 Å². The summed E-state index contributed by atoms with van der Waals surface area (Å²) >= 11 is 0. The van der Waals surface area contributed by atoms with Crippen LogP contribution in [0, 0.1) is 5.92 Å². The van der Waals surface area contributed by atoms with Crippen LogP contribution in [-0.4, -0.2) is 21.1 Å². The zero-order valence-electron chi connectivity index (χ0n) is 8.05. The molecule has 5 heteroatoms. The molecule has 1 aromatic rings. The first kappa shape index (κ1) is 9.79. The molecule has 2 rings (SSSR count). The largest absolute Gasteiger partial charge is 0.289 e. The second-order valence-corrected chi connectivity index (χ2v) is 3.44. The van der Waals surface area contributed by atoms with Crippen LogP contribution < -0.4 is 5.48 Å². The quantitative estimate of drug-likeness (QED) is 0.552. The van der Waals surface area contributed by atoms with E-state index in [2.05, 4.69) is 9.97 Å². The summed E-state index contributed by atoms with van der Waals surface area (Å²) < 4.78 is 0. The van der Waals surface area contributed by atoms with E-state index in [4.69, 9.17) is 5.21 Å². The average Bonchev–Trinajstić information content (AvgIpc) is 2.78. The molecule has 1 unspecified atom stereocenters. The highest BCUT2D eigenvalue weighted by atomic mass is 16.5. The minimum atomic E-state index is -0.359. The number of carbonyl (C=O) groups is 1. The van der Waals surface area contributed by atoms with Gasteiger partial charge < -0.3 is 0 Å². The number of aromatic nitrogens is 2. The van der Waals surface area contributed by atoms with Gasteiger partial charge >= 0.3 is 0 Å². The fourth-order valence-corrected chi connectivity index (χ4v) is 1.72. The molecular weight excluding hydrogens is 194 g/mol.